The summed E-state index contributed by atoms with van der Waals surface area (Å²) in [5.41, 5.74) is 6.77. The van der Waals surface area contributed by atoms with Crippen molar-refractivity contribution in [3.8, 4) is 0 Å². The molecule has 0 heterocycles. The normalized spacial score (nSPS) is 15.0. The van der Waals surface area contributed by atoms with Crippen LogP contribution in [-0.2, 0) is 4.74 Å². The standard InChI is InChI=1S/C8H17NO/c1-4-10-6-7(2)5-8(3)9/h6,8H,4-5,9H2,1-3H3/b7-6-. The van der Waals surface area contributed by atoms with Crippen molar-refractivity contribution in [2.75, 3.05) is 6.61 Å². The molecule has 0 aliphatic carbocycles. The highest BCUT2D eigenvalue weighted by Crippen LogP contribution is 2.01. The number of hydrogen-bond acceptors (Lipinski definition) is 2. The average Bonchev–Trinajstić information content (AvgIpc) is 1.82. The molecule has 0 aliphatic heterocycles. The average molecular weight is 143 g/mol. The van der Waals surface area contributed by atoms with Gasteiger partial charge in [-0.25, -0.2) is 0 Å². The summed E-state index contributed by atoms with van der Waals surface area (Å²) in [6.07, 6.45) is 2.70. The maximum absolute atomic E-state index is 5.57. The first-order valence-corrected chi connectivity index (χ1v) is 3.69. The minimum absolute atomic E-state index is 0.233. The van der Waals surface area contributed by atoms with Crippen LogP contribution in [0.15, 0.2) is 11.8 Å². The number of nitrogens with two attached hydrogens (primary N) is 1. The van der Waals surface area contributed by atoms with Crippen molar-refractivity contribution in [2.24, 2.45) is 5.73 Å². The second kappa shape index (κ2) is 5.30. The van der Waals surface area contributed by atoms with E-state index in [0.29, 0.717) is 0 Å². The molecule has 0 aliphatic rings. The first-order chi connectivity index (χ1) is 4.66. The predicted octanol–water partition coefficient (Wildman–Crippen LogP) is 1.66. The lowest BCUT2D eigenvalue weighted by atomic mass is 10.1. The summed E-state index contributed by atoms with van der Waals surface area (Å²) in [6.45, 7) is 6.72. The van der Waals surface area contributed by atoms with Crippen LogP contribution in [0.2, 0.25) is 0 Å². The highest BCUT2D eigenvalue weighted by Gasteiger charge is 1.94. The van der Waals surface area contributed by atoms with Crippen molar-refractivity contribution in [1.29, 1.82) is 0 Å². The van der Waals surface area contributed by atoms with Crippen molar-refractivity contribution in [3.63, 3.8) is 0 Å². The Morgan fingerprint density at radius 1 is 1.70 bits per heavy atom. The van der Waals surface area contributed by atoms with Gasteiger partial charge in [-0.2, -0.15) is 0 Å². The molecule has 0 fully saturated rings. The van der Waals surface area contributed by atoms with Crippen molar-refractivity contribution >= 4 is 0 Å². The SMILES string of the molecule is CCO/C=C(/C)CC(C)N. The van der Waals surface area contributed by atoms with Crippen LogP contribution >= 0.6 is 0 Å². The van der Waals surface area contributed by atoms with Crippen LogP contribution in [0, 0.1) is 0 Å². The zero-order chi connectivity index (χ0) is 7.98. The molecule has 0 saturated carbocycles. The first-order valence-electron chi connectivity index (χ1n) is 3.69. The van der Waals surface area contributed by atoms with Gasteiger partial charge in [0.15, 0.2) is 0 Å². The number of rotatable bonds is 4. The van der Waals surface area contributed by atoms with Gasteiger partial charge < -0.3 is 10.5 Å². The molecule has 10 heavy (non-hydrogen) atoms. The highest BCUT2D eigenvalue weighted by molar-refractivity contribution is 4.95. The summed E-state index contributed by atoms with van der Waals surface area (Å²) in [5.74, 6) is 0. The molecule has 0 aromatic rings. The van der Waals surface area contributed by atoms with Crippen molar-refractivity contribution in [1.82, 2.24) is 0 Å². The van der Waals surface area contributed by atoms with Gasteiger partial charge in [-0.1, -0.05) is 0 Å². The fraction of sp³-hybridized carbons (Fsp3) is 0.750. The second-order valence-corrected chi connectivity index (χ2v) is 2.60. The van der Waals surface area contributed by atoms with E-state index in [1.807, 2.05) is 20.8 Å². The van der Waals surface area contributed by atoms with E-state index in [1.54, 1.807) is 6.26 Å². The molecule has 60 valence electrons. The van der Waals surface area contributed by atoms with E-state index in [0.717, 1.165) is 13.0 Å². The van der Waals surface area contributed by atoms with Crippen LogP contribution in [0.4, 0.5) is 0 Å². The van der Waals surface area contributed by atoms with Gasteiger partial charge in [0.05, 0.1) is 12.9 Å². The minimum atomic E-state index is 0.233. The topological polar surface area (TPSA) is 35.2 Å². The monoisotopic (exact) mass is 143 g/mol. The summed E-state index contributed by atoms with van der Waals surface area (Å²) in [7, 11) is 0. The molecule has 2 nitrogen and oxygen atoms in total. The lowest BCUT2D eigenvalue weighted by Gasteiger charge is -2.04. The molecule has 0 aromatic carbocycles. The van der Waals surface area contributed by atoms with Crippen LogP contribution in [0.1, 0.15) is 27.2 Å². The molecule has 1 atom stereocenters. The fourth-order valence-electron chi connectivity index (χ4n) is 0.782. The van der Waals surface area contributed by atoms with Gasteiger partial charge in [0.2, 0.25) is 0 Å². The molecule has 0 bridgehead atoms. The van der Waals surface area contributed by atoms with E-state index in [-0.39, 0.29) is 6.04 Å². The largest absolute Gasteiger partial charge is 0.502 e. The Morgan fingerprint density at radius 3 is 2.70 bits per heavy atom. The van der Waals surface area contributed by atoms with Gasteiger partial charge >= 0.3 is 0 Å². The van der Waals surface area contributed by atoms with Crippen molar-refractivity contribution in [3.05, 3.63) is 11.8 Å². The molecule has 0 radical (unpaired) electrons. The zero-order valence-electron chi connectivity index (χ0n) is 7.05. The first kappa shape index (κ1) is 9.50. The van der Waals surface area contributed by atoms with E-state index >= 15 is 0 Å². The minimum Gasteiger partial charge on any atom is -0.502 e. The summed E-state index contributed by atoms with van der Waals surface area (Å²) in [6, 6.07) is 0.233. The Labute approximate surface area is 63.1 Å². The van der Waals surface area contributed by atoms with Crippen LogP contribution in [0.5, 0.6) is 0 Å². The van der Waals surface area contributed by atoms with Gasteiger partial charge in [0, 0.05) is 6.04 Å². The van der Waals surface area contributed by atoms with Gasteiger partial charge in [-0.05, 0) is 32.8 Å². The van der Waals surface area contributed by atoms with Gasteiger partial charge in [0.25, 0.3) is 0 Å². The van der Waals surface area contributed by atoms with Gasteiger partial charge in [-0.3, -0.25) is 0 Å². The number of hydrogen-bond donors (Lipinski definition) is 1. The number of ether oxygens (including phenoxy) is 1. The maximum atomic E-state index is 5.57. The molecular formula is C8H17NO. The molecule has 0 saturated heterocycles. The zero-order valence-corrected chi connectivity index (χ0v) is 7.05. The molecular weight excluding hydrogens is 126 g/mol. The van der Waals surface area contributed by atoms with E-state index in [4.69, 9.17) is 10.5 Å². The molecule has 0 aromatic heterocycles. The van der Waals surface area contributed by atoms with Crippen LogP contribution in [0.3, 0.4) is 0 Å². The Kier molecular flexibility index (Phi) is 5.03. The van der Waals surface area contributed by atoms with E-state index in [9.17, 15) is 0 Å². The lowest BCUT2D eigenvalue weighted by molar-refractivity contribution is 0.265. The van der Waals surface area contributed by atoms with Crippen LogP contribution in [-0.4, -0.2) is 12.6 Å². The third-order valence-electron chi connectivity index (χ3n) is 1.10. The quantitative estimate of drug-likeness (QED) is 0.607. The van der Waals surface area contributed by atoms with Crippen molar-refractivity contribution in [2.45, 2.75) is 33.2 Å². The summed E-state index contributed by atoms with van der Waals surface area (Å²) < 4.78 is 5.08. The Balaban J connectivity index is 3.49. The van der Waals surface area contributed by atoms with E-state index < -0.39 is 0 Å². The molecule has 0 rings (SSSR count). The van der Waals surface area contributed by atoms with Gasteiger partial charge in [-0.15, -0.1) is 0 Å². The van der Waals surface area contributed by atoms with Gasteiger partial charge in [0.1, 0.15) is 0 Å². The summed E-state index contributed by atoms with van der Waals surface area (Å²) >= 11 is 0. The van der Waals surface area contributed by atoms with Crippen LogP contribution < -0.4 is 5.73 Å². The van der Waals surface area contributed by atoms with Crippen LogP contribution in [0.25, 0.3) is 0 Å². The Hall–Kier alpha value is -0.500. The Morgan fingerprint density at radius 2 is 2.30 bits per heavy atom. The lowest BCUT2D eigenvalue weighted by Crippen LogP contribution is -2.14. The summed E-state index contributed by atoms with van der Waals surface area (Å²) in [5, 5.41) is 0. The maximum Gasteiger partial charge on any atom is 0.0845 e. The molecule has 1 unspecified atom stereocenters. The molecule has 2 N–H and O–H groups in total. The molecule has 2 heteroatoms. The molecule has 0 amide bonds. The highest BCUT2D eigenvalue weighted by atomic mass is 16.5. The van der Waals surface area contributed by atoms with E-state index in [2.05, 4.69) is 0 Å². The second-order valence-electron chi connectivity index (χ2n) is 2.60. The summed E-state index contributed by atoms with van der Waals surface area (Å²) in [4.78, 5) is 0. The van der Waals surface area contributed by atoms with E-state index in [1.165, 1.54) is 5.57 Å². The molecule has 0 spiro atoms. The van der Waals surface area contributed by atoms with Crippen molar-refractivity contribution < 1.29 is 4.74 Å². The smallest absolute Gasteiger partial charge is 0.0845 e. The fourth-order valence-corrected chi connectivity index (χ4v) is 0.782. The Bertz CT molecular complexity index is 108. The third-order valence-corrected chi connectivity index (χ3v) is 1.10. The third kappa shape index (κ3) is 5.63. The predicted molar refractivity (Wildman–Crippen MR) is 43.6 cm³/mol.